The number of hydrogen-bond acceptors (Lipinski definition) is 1. The van der Waals surface area contributed by atoms with Gasteiger partial charge in [0.15, 0.2) is 0 Å². The van der Waals surface area contributed by atoms with Gasteiger partial charge in [-0.1, -0.05) is 29.8 Å². The zero-order valence-electron chi connectivity index (χ0n) is 10.9. The molecule has 0 amide bonds. The maximum atomic E-state index is 13.5. The molecule has 5 heteroatoms. The number of carbonyl (C=O) groups is 1. The van der Waals surface area contributed by atoms with Crippen LogP contribution in [0.2, 0.25) is 5.02 Å². The number of fused-ring (bicyclic) bond motifs is 1. The summed E-state index contributed by atoms with van der Waals surface area (Å²) in [5.74, 6) is -1.44. The number of aromatic carboxylic acids is 1. The van der Waals surface area contributed by atoms with Gasteiger partial charge in [-0.15, -0.1) is 0 Å². The number of aromatic nitrogens is 1. The van der Waals surface area contributed by atoms with Gasteiger partial charge in [0.1, 0.15) is 5.82 Å². The molecular formula is C16H11ClFNO2. The first-order valence-corrected chi connectivity index (χ1v) is 6.69. The van der Waals surface area contributed by atoms with Gasteiger partial charge < -0.3 is 9.67 Å². The number of nitrogens with zero attached hydrogens (tertiary/aromatic N) is 1. The van der Waals surface area contributed by atoms with E-state index < -0.39 is 11.8 Å². The third kappa shape index (κ3) is 2.50. The van der Waals surface area contributed by atoms with Crippen molar-refractivity contribution in [1.29, 1.82) is 0 Å². The SMILES string of the molecule is O=C(O)c1ccc2ccn(Cc3cccc(F)c3Cl)c2c1. The first-order chi connectivity index (χ1) is 10.1. The van der Waals surface area contributed by atoms with E-state index in [9.17, 15) is 9.18 Å². The van der Waals surface area contributed by atoms with Gasteiger partial charge in [-0.2, -0.15) is 0 Å². The van der Waals surface area contributed by atoms with Crippen molar-refractivity contribution in [2.24, 2.45) is 0 Å². The van der Waals surface area contributed by atoms with Crippen LogP contribution in [0, 0.1) is 5.82 Å². The summed E-state index contributed by atoms with van der Waals surface area (Å²) in [6.07, 6.45) is 1.83. The molecule has 3 rings (SSSR count). The number of halogens is 2. The average molecular weight is 304 g/mol. The largest absolute Gasteiger partial charge is 0.478 e. The Kier molecular flexibility index (Phi) is 3.39. The molecule has 0 unspecified atom stereocenters. The lowest BCUT2D eigenvalue weighted by Gasteiger charge is -2.08. The molecule has 0 fully saturated rings. The first kappa shape index (κ1) is 13.6. The molecule has 0 aliphatic heterocycles. The molecule has 2 aromatic carbocycles. The Hall–Kier alpha value is -2.33. The van der Waals surface area contributed by atoms with Crippen LogP contribution >= 0.6 is 11.6 Å². The third-order valence-corrected chi connectivity index (χ3v) is 3.82. The fourth-order valence-corrected chi connectivity index (χ4v) is 2.49. The lowest BCUT2D eigenvalue weighted by atomic mass is 10.1. The van der Waals surface area contributed by atoms with Crippen LogP contribution in [0.25, 0.3) is 10.9 Å². The van der Waals surface area contributed by atoms with E-state index in [2.05, 4.69) is 0 Å². The Morgan fingerprint density at radius 1 is 1.24 bits per heavy atom. The maximum Gasteiger partial charge on any atom is 0.335 e. The average Bonchev–Trinajstić information content (AvgIpc) is 2.86. The van der Waals surface area contributed by atoms with E-state index in [1.54, 1.807) is 30.3 Å². The highest BCUT2D eigenvalue weighted by molar-refractivity contribution is 6.31. The van der Waals surface area contributed by atoms with Crippen LogP contribution in [0.1, 0.15) is 15.9 Å². The molecule has 0 saturated heterocycles. The minimum Gasteiger partial charge on any atom is -0.478 e. The van der Waals surface area contributed by atoms with Gasteiger partial charge >= 0.3 is 5.97 Å². The lowest BCUT2D eigenvalue weighted by molar-refractivity contribution is 0.0697. The van der Waals surface area contributed by atoms with Crippen molar-refractivity contribution < 1.29 is 14.3 Å². The van der Waals surface area contributed by atoms with Crippen LogP contribution < -0.4 is 0 Å². The Morgan fingerprint density at radius 3 is 2.81 bits per heavy atom. The fraction of sp³-hybridized carbons (Fsp3) is 0.0625. The van der Waals surface area contributed by atoms with Crippen molar-refractivity contribution in [1.82, 2.24) is 4.57 Å². The molecular weight excluding hydrogens is 293 g/mol. The van der Waals surface area contributed by atoms with Crippen LogP contribution in [-0.2, 0) is 6.54 Å². The summed E-state index contributed by atoms with van der Waals surface area (Å²) in [6, 6.07) is 11.5. The second-order valence-electron chi connectivity index (χ2n) is 4.74. The molecule has 3 nitrogen and oxygen atoms in total. The number of carboxylic acids is 1. The summed E-state index contributed by atoms with van der Waals surface area (Å²) >= 11 is 5.96. The summed E-state index contributed by atoms with van der Waals surface area (Å²) < 4.78 is 15.3. The standard InChI is InChI=1S/C16H11ClFNO2/c17-15-12(2-1-3-13(15)18)9-19-7-6-10-4-5-11(16(20)21)8-14(10)19/h1-8H,9H2,(H,20,21). The number of benzene rings is 2. The molecule has 0 aliphatic rings. The second-order valence-corrected chi connectivity index (χ2v) is 5.11. The van der Waals surface area contributed by atoms with Gasteiger partial charge in [-0.3, -0.25) is 0 Å². The second kappa shape index (κ2) is 5.22. The predicted octanol–water partition coefficient (Wildman–Crippen LogP) is 4.18. The van der Waals surface area contributed by atoms with Gasteiger partial charge in [-0.25, -0.2) is 9.18 Å². The van der Waals surface area contributed by atoms with Crippen LogP contribution in [0.3, 0.4) is 0 Å². The van der Waals surface area contributed by atoms with Crippen LogP contribution in [-0.4, -0.2) is 15.6 Å². The summed E-state index contributed by atoms with van der Waals surface area (Å²) in [4.78, 5) is 11.1. The minimum absolute atomic E-state index is 0.0914. The molecule has 1 heterocycles. The molecule has 0 saturated carbocycles. The van der Waals surface area contributed by atoms with E-state index in [0.29, 0.717) is 12.1 Å². The van der Waals surface area contributed by atoms with E-state index in [1.807, 2.05) is 16.8 Å². The van der Waals surface area contributed by atoms with Crippen molar-refractivity contribution in [2.75, 3.05) is 0 Å². The Bertz CT molecular complexity index is 841. The molecule has 21 heavy (non-hydrogen) atoms. The fourth-order valence-electron chi connectivity index (χ4n) is 2.31. The van der Waals surface area contributed by atoms with E-state index in [1.165, 1.54) is 6.07 Å². The summed E-state index contributed by atoms with van der Waals surface area (Å²) in [6.45, 7) is 0.378. The van der Waals surface area contributed by atoms with E-state index in [-0.39, 0.29) is 10.6 Å². The molecule has 106 valence electrons. The molecule has 0 bridgehead atoms. The van der Waals surface area contributed by atoms with E-state index >= 15 is 0 Å². The molecule has 1 N–H and O–H groups in total. The molecule has 3 aromatic rings. The van der Waals surface area contributed by atoms with Crippen molar-refractivity contribution in [2.45, 2.75) is 6.54 Å². The van der Waals surface area contributed by atoms with Crippen LogP contribution in [0.15, 0.2) is 48.7 Å². The highest BCUT2D eigenvalue weighted by Gasteiger charge is 2.10. The van der Waals surface area contributed by atoms with Gasteiger partial charge in [0.2, 0.25) is 0 Å². The van der Waals surface area contributed by atoms with Crippen LogP contribution in [0.5, 0.6) is 0 Å². The molecule has 0 radical (unpaired) electrons. The summed E-state index contributed by atoms with van der Waals surface area (Å²) in [7, 11) is 0. The maximum absolute atomic E-state index is 13.5. The normalized spacial score (nSPS) is 11.0. The van der Waals surface area contributed by atoms with Gasteiger partial charge in [0.25, 0.3) is 0 Å². The lowest BCUT2D eigenvalue weighted by Crippen LogP contribution is -2.01. The van der Waals surface area contributed by atoms with Gasteiger partial charge in [-0.05, 0) is 35.2 Å². The van der Waals surface area contributed by atoms with Crippen molar-refractivity contribution in [3.63, 3.8) is 0 Å². The van der Waals surface area contributed by atoms with Gasteiger partial charge in [0, 0.05) is 18.3 Å². The van der Waals surface area contributed by atoms with E-state index in [0.717, 1.165) is 10.9 Å². The minimum atomic E-state index is -0.978. The topological polar surface area (TPSA) is 42.2 Å². The zero-order valence-corrected chi connectivity index (χ0v) is 11.6. The first-order valence-electron chi connectivity index (χ1n) is 6.31. The molecule has 0 atom stereocenters. The highest BCUT2D eigenvalue weighted by Crippen LogP contribution is 2.24. The number of hydrogen-bond donors (Lipinski definition) is 1. The zero-order chi connectivity index (χ0) is 15.0. The summed E-state index contributed by atoms with van der Waals surface area (Å²) in [5, 5.41) is 10.1. The van der Waals surface area contributed by atoms with Crippen molar-refractivity contribution in [3.05, 3.63) is 70.6 Å². The predicted molar refractivity (Wildman–Crippen MR) is 79.4 cm³/mol. The van der Waals surface area contributed by atoms with Crippen molar-refractivity contribution >= 4 is 28.5 Å². The monoisotopic (exact) mass is 303 g/mol. The Morgan fingerprint density at radius 2 is 2.05 bits per heavy atom. The number of rotatable bonds is 3. The third-order valence-electron chi connectivity index (χ3n) is 3.39. The van der Waals surface area contributed by atoms with E-state index in [4.69, 9.17) is 16.7 Å². The smallest absolute Gasteiger partial charge is 0.335 e. The molecule has 0 aliphatic carbocycles. The van der Waals surface area contributed by atoms with Crippen LogP contribution in [0.4, 0.5) is 4.39 Å². The number of carboxylic acid groups (broad SMARTS) is 1. The molecule has 1 aromatic heterocycles. The quantitative estimate of drug-likeness (QED) is 0.788. The van der Waals surface area contributed by atoms with Crippen molar-refractivity contribution in [3.8, 4) is 0 Å². The molecule has 0 spiro atoms. The van der Waals surface area contributed by atoms with Gasteiger partial charge in [0.05, 0.1) is 10.6 Å². The highest BCUT2D eigenvalue weighted by atomic mass is 35.5. The Balaban J connectivity index is 2.06. The Labute approximate surface area is 125 Å². The summed E-state index contributed by atoms with van der Waals surface area (Å²) in [5.41, 5.74) is 1.64.